The summed E-state index contributed by atoms with van der Waals surface area (Å²) < 4.78 is 5.78. The smallest absolute Gasteiger partial charge is 0.268 e. The molecule has 28 heavy (non-hydrogen) atoms. The van der Waals surface area contributed by atoms with Gasteiger partial charge in [0.15, 0.2) is 6.10 Å². The molecular weight excluding hydrogens is 374 g/mol. The van der Waals surface area contributed by atoms with Gasteiger partial charge in [-0.1, -0.05) is 12.8 Å². The number of fused-ring (bicyclic) bond motifs is 1. The minimum atomic E-state index is -0.600. The largest absolute Gasteiger partial charge is 0.479 e. The molecule has 1 fully saturated rings. The van der Waals surface area contributed by atoms with Crippen molar-refractivity contribution in [2.45, 2.75) is 45.6 Å². The highest BCUT2D eigenvalue weighted by atomic mass is 32.1. The summed E-state index contributed by atoms with van der Waals surface area (Å²) in [6.45, 7) is 5.30. The van der Waals surface area contributed by atoms with E-state index in [1.54, 1.807) is 23.2 Å². The average Bonchev–Trinajstić information content (AvgIpc) is 2.94. The number of carbonyl (C=O) groups excluding carboxylic acids is 2. The van der Waals surface area contributed by atoms with E-state index in [0.717, 1.165) is 55.0 Å². The topological polar surface area (TPSA) is 62.7 Å². The molecule has 7 heteroatoms. The van der Waals surface area contributed by atoms with Crippen molar-refractivity contribution in [1.29, 1.82) is 0 Å². The van der Waals surface area contributed by atoms with Gasteiger partial charge in [0.25, 0.3) is 5.91 Å². The molecule has 0 aliphatic carbocycles. The van der Waals surface area contributed by atoms with E-state index in [4.69, 9.17) is 4.74 Å². The van der Waals surface area contributed by atoms with Crippen LogP contribution in [0.2, 0.25) is 0 Å². The van der Waals surface area contributed by atoms with Crippen molar-refractivity contribution in [2.75, 3.05) is 24.5 Å². The quantitative estimate of drug-likeness (QED) is 0.791. The van der Waals surface area contributed by atoms with E-state index in [1.807, 2.05) is 35.4 Å². The summed E-state index contributed by atoms with van der Waals surface area (Å²) >= 11 is 1.59. The van der Waals surface area contributed by atoms with E-state index in [0.29, 0.717) is 11.4 Å². The molecule has 0 radical (unpaired) electrons. The molecule has 2 aliphatic heterocycles. The van der Waals surface area contributed by atoms with Gasteiger partial charge in [-0.05, 0) is 44.9 Å². The van der Waals surface area contributed by atoms with E-state index in [1.165, 1.54) is 0 Å². The second kappa shape index (κ2) is 7.91. The summed E-state index contributed by atoms with van der Waals surface area (Å²) in [6.07, 6.45) is 3.79. The van der Waals surface area contributed by atoms with Gasteiger partial charge in [0.2, 0.25) is 5.91 Å². The van der Waals surface area contributed by atoms with Crippen LogP contribution in [0, 0.1) is 6.92 Å². The lowest BCUT2D eigenvalue weighted by molar-refractivity contribution is -0.133. The first-order valence-electron chi connectivity index (χ1n) is 9.85. The molecule has 1 unspecified atom stereocenters. The third-order valence-electron chi connectivity index (χ3n) is 5.33. The fourth-order valence-electron chi connectivity index (χ4n) is 3.78. The van der Waals surface area contributed by atoms with Gasteiger partial charge in [0.1, 0.15) is 12.3 Å². The van der Waals surface area contributed by atoms with Crippen LogP contribution in [0.3, 0.4) is 0 Å². The lowest BCUT2D eigenvalue weighted by Crippen LogP contribution is -2.49. The van der Waals surface area contributed by atoms with Gasteiger partial charge < -0.3 is 9.64 Å². The highest BCUT2D eigenvalue weighted by molar-refractivity contribution is 7.09. The van der Waals surface area contributed by atoms with Crippen LogP contribution >= 0.6 is 11.3 Å². The highest BCUT2D eigenvalue weighted by Gasteiger charge is 2.34. The Morgan fingerprint density at radius 2 is 2.00 bits per heavy atom. The van der Waals surface area contributed by atoms with Gasteiger partial charge >= 0.3 is 0 Å². The summed E-state index contributed by atoms with van der Waals surface area (Å²) in [4.78, 5) is 33.8. The predicted molar refractivity (Wildman–Crippen MR) is 110 cm³/mol. The Kier molecular flexibility index (Phi) is 5.35. The van der Waals surface area contributed by atoms with Gasteiger partial charge in [0.05, 0.1) is 16.4 Å². The van der Waals surface area contributed by atoms with Crippen molar-refractivity contribution in [2.24, 2.45) is 0 Å². The Labute approximate surface area is 169 Å². The SMILES string of the molecule is Cc1nc(-c2ccc3c(c2)N(CC(=O)N2CCCCCC2)C(=O)C(C)O3)cs1. The third-order valence-corrected chi connectivity index (χ3v) is 6.11. The van der Waals surface area contributed by atoms with Crippen LogP contribution in [0.25, 0.3) is 11.3 Å². The highest BCUT2D eigenvalue weighted by Crippen LogP contribution is 2.37. The molecule has 2 amide bonds. The molecule has 1 aromatic carbocycles. The van der Waals surface area contributed by atoms with Gasteiger partial charge in [-0.2, -0.15) is 0 Å². The number of hydrogen-bond donors (Lipinski definition) is 0. The second-order valence-corrected chi connectivity index (χ2v) is 8.48. The molecule has 3 heterocycles. The number of anilines is 1. The first-order chi connectivity index (χ1) is 13.5. The molecule has 4 rings (SSSR count). The maximum Gasteiger partial charge on any atom is 0.268 e. The number of aromatic nitrogens is 1. The van der Waals surface area contributed by atoms with E-state index in [-0.39, 0.29) is 18.4 Å². The van der Waals surface area contributed by atoms with Crippen LogP contribution < -0.4 is 9.64 Å². The number of carbonyl (C=O) groups is 2. The zero-order chi connectivity index (χ0) is 19.7. The Morgan fingerprint density at radius 1 is 1.25 bits per heavy atom. The van der Waals surface area contributed by atoms with Crippen LogP contribution in [-0.4, -0.2) is 47.4 Å². The summed E-state index contributed by atoms with van der Waals surface area (Å²) in [7, 11) is 0. The van der Waals surface area contributed by atoms with E-state index < -0.39 is 6.10 Å². The fraction of sp³-hybridized carbons (Fsp3) is 0.476. The van der Waals surface area contributed by atoms with E-state index >= 15 is 0 Å². The summed E-state index contributed by atoms with van der Waals surface area (Å²) in [5, 5.41) is 2.99. The molecule has 0 spiro atoms. The maximum atomic E-state index is 12.9. The van der Waals surface area contributed by atoms with Gasteiger partial charge in [0, 0.05) is 24.0 Å². The van der Waals surface area contributed by atoms with Crippen LogP contribution in [0.15, 0.2) is 23.6 Å². The first kappa shape index (κ1) is 18.9. The Morgan fingerprint density at radius 3 is 2.68 bits per heavy atom. The molecule has 148 valence electrons. The Hall–Kier alpha value is -2.41. The number of hydrogen-bond acceptors (Lipinski definition) is 5. The summed E-state index contributed by atoms with van der Waals surface area (Å²) in [5.74, 6) is 0.457. The van der Waals surface area contributed by atoms with Crippen LogP contribution in [0.1, 0.15) is 37.6 Å². The lowest BCUT2D eigenvalue weighted by atomic mass is 10.1. The van der Waals surface area contributed by atoms with Gasteiger partial charge in [-0.25, -0.2) is 4.98 Å². The van der Waals surface area contributed by atoms with Crippen molar-refractivity contribution in [3.63, 3.8) is 0 Å². The van der Waals surface area contributed by atoms with Crippen molar-refractivity contribution in [1.82, 2.24) is 9.88 Å². The van der Waals surface area contributed by atoms with Crippen molar-refractivity contribution in [3.05, 3.63) is 28.6 Å². The number of aryl methyl sites for hydroxylation is 1. The third kappa shape index (κ3) is 3.76. The van der Waals surface area contributed by atoms with Crippen molar-refractivity contribution in [3.8, 4) is 17.0 Å². The van der Waals surface area contributed by atoms with Crippen molar-refractivity contribution < 1.29 is 14.3 Å². The van der Waals surface area contributed by atoms with Gasteiger partial charge in [-0.3, -0.25) is 14.5 Å². The molecule has 0 saturated carbocycles. The average molecular weight is 400 g/mol. The zero-order valence-electron chi connectivity index (χ0n) is 16.3. The molecule has 6 nitrogen and oxygen atoms in total. The fourth-order valence-corrected chi connectivity index (χ4v) is 4.40. The molecule has 1 aromatic heterocycles. The molecule has 2 aromatic rings. The molecule has 0 N–H and O–H groups in total. The monoisotopic (exact) mass is 399 g/mol. The maximum absolute atomic E-state index is 12.9. The second-order valence-electron chi connectivity index (χ2n) is 7.41. The first-order valence-corrected chi connectivity index (χ1v) is 10.7. The molecule has 1 atom stereocenters. The van der Waals surface area contributed by atoms with E-state index in [2.05, 4.69) is 4.98 Å². The van der Waals surface area contributed by atoms with E-state index in [9.17, 15) is 9.59 Å². The minimum Gasteiger partial charge on any atom is -0.479 e. The minimum absolute atomic E-state index is 0.00482. The number of benzene rings is 1. The molecule has 1 saturated heterocycles. The van der Waals surface area contributed by atoms with Crippen LogP contribution in [0.5, 0.6) is 5.75 Å². The number of thiazole rings is 1. The molecule has 2 aliphatic rings. The van der Waals surface area contributed by atoms with Crippen molar-refractivity contribution >= 4 is 28.8 Å². The lowest BCUT2D eigenvalue weighted by Gasteiger charge is -2.34. The predicted octanol–water partition coefficient (Wildman–Crippen LogP) is 3.64. The number of likely N-dealkylation sites (tertiary alicyclic amines) is 1. The van der Waals surface area contributed by atoms with Crippen LogP contribution in [0.4, 0.5) is 5.69 Å². The summed E-state index contributed by atoms with van der Waals surface area (Å²) in [5.41, 5.74) is 2.44. The standard InChI is InChI=1S/C21H25N3O3S/c1-14-21(26)24(12-20(25)23-9-5-3-4-6-10-23)18-11-16(7-8-19(18)27-14)17-13-28-15(2)22-17/h7-8,11,13-14H,3-6,9-10,12H2,1-2H3. The Balaban J connectivity index is 1.63. The zero-order valence-corrected chi connectivity index (χ0v) is 17.1. The number of nitrogens with zero attached hydrogens (tertiary/aromatic N) is 3. The normalized spacial score (nSPS) is 19.8. The Bertz CT molecular complexity index is 887. The number of ether oxygens (including phenoxy) is 1. The number of rotatable bonds is 3. The summed E-state index contributed by atoms with van der Waals surface area (Å²) in [6, 6.07) is 5.72. The number of amides is 2. The van der Waals surface area contributed by atoms with Gasteiger partial charge in [-0.15, -0.1) is 11.3 Å². The van der Waals surface area contributed by atoms with Crippen LogP contribution in [-0.2, 0) is 9.59 Å². The molecule has 0 bridgehead atoms. The molecular formula is C21H25N3O3S.